The van der Waals surface area contributed by atoms with E-state index in [4.69, 9.17) is 14.7 Å². The lowest BCUT2D eigenvalue weighted by molar-refractivity contribution is 0.0544. The van der Waals surface area contributed by atoms with E-state index in [9.17, 15) is 13.5 Å². The number of halogens is 1. The second-order valence-corrected chi connectivity index (χ2v) is 9.01. The van der Waals surface area contributed by atoms with Gasteiger partial charge in [-0.2, -0.15) is 5.26 Å². The number of aryl methyl sites for hydroxylation is 1. The number of hydrogen-bond acceptors (Lipinski definition) is 8. The molecule has 0 aliphatic carbocycles. The average molecular weight is 482 g/mol. The minimum absolute atomic E-state index is 0.100. The normalized spacial score (nSPS) is 11.6. The predicted octanol–water partition coefficient (Wildman–Crippen LogP) is 4.97. The van der Waals surface area contributed by atoms with Crippen LogP contribution in [0.4, 0.5) is 8.68 Å². The Bertz CT molecular complexity index is 1510. The topological polar surface area (TPSA) is 112 Å². The van der Waals surface area contributed by atoms with Crippen LogP contribution in [0.15, 0.2) is 30.6 Å². The zero-order valence-electron chi connectivity index (χ0n) is 19.0. The molecule has 0 amide bonds. The molecule has 0 N–H and O–H groups in total. The lowest BCUT2D eigenvalue weighted by Crippen LogP contribution is -2.26. The molecule has 1 aromatic carbocycles. The molecule has 4 aromatic rings. The van der Waals surface area contributed by atoms with Gasteiger partial charge in [0.15, 0.2) is 23.8 Å². The molecule has 0 bridgehead atoms. The largest absolute Gasteiger partial charge is 0.496 e. The van der Waals surface area contributed by atoms with Gasteiger partial charge in [-0.15, -0.1) is 3.89 Å². The fourth-order valence-corrected chi connectivity index (χ4v) is 4.09. The van der Waals surface area contributed by atoms with E-state index in [2.05, 4.69) is 9.97 Å². The number of ether oxygens (including phenoxy) is 2. The summed E-state index contributed by atoms with van der Waals surface area (Å²) in [6.45, 7) is 7.05. The fourth-order valence-electron chi connectivity index (χ4n) is 3.69. The summed E-state index contributed by atoms with van der Waals surface area (Å²) in [4.78, 5) is 34.8. The Labute approximate surface area is 198 Å². The van der Waals surface area contributed by atoms with Crippen molar-refractivity contribution in [1.82, 2.24) is 18.5 Å². The summed E-state index contributed by atoms with van der Waals surface area (Å²) in [7, 11) is 1.41. The zero-order chi connectivity index (χ0) is 24.8. The lowest BCUT2D eigenvalue weighted by atomic mass is 10.0. The van der Waals surface area contributed by atoms with Crippen molar-refractivity contribution in [2.24, 2.45) is 0 Å². The number of nitriles is 1. The van der Waals surface area contributed by atoms with Crippen LogP contribution in [0, 0.1) is 18.3 Å². The second-order valence-electron chi connectivity index (χ2n) is 8.51. The van der Waals surface area contributed by atoms with Gasteiger partial charge in [0.25, 0.3) is 0 Å². The van der Waals surface area contributed by atoms with E-state index >= 15 is 0 Å². The number of carbonyl (C=O) groups excluding carboxylic acids is 2. The molecule has 3 aromatic heterocycles. The molecule has 4 rings (SSSR count). The Balaban J connectivity index is 1.94. The minimum atomic E-state index is -0.717. The molecule has 3 heterocycles. The molecule has 34 heavy (non-hydrogen) atoms. The number of hydrogen-bond donors (Lipinski definition) is 0. The second kappa shape index (κ2) is 8.46. The molecule has 0 aliphatic rings. The number of nitrogens with zero attached hydrogens (tertiary/aromatic N) is 5. The van der Waals surface area contributed by atoms with Crippen molar-refractivity contribution in [1.29, 1.82) is 5.26 Å². The molecule has 0 saturated heterocycles. The summed E-state index contributed by atoms with van der Waals surface area (Å²) in [6.07, 6.45) is 2.18. The molecule has 174 valence electrons. The zero-order valence-corrected chi connectivity index (χ0v) is 19.9. The van der Waals surface area contributed by atoms with Gasteiger partial charge < -0.3 is 9.47 Å². The number of fused-ring (bicyclic) bond motifs is 2. The minimum Gasteiger partial charge on any atom is -0.496 e. The molecule has 9 nitrogen and oxygen atoms in total. The highest BCUT2D eigenvalue weighted by atomic mass is 32.2. The van der Waals surface area contributed by atoms with E-state index in [1.165, 1.54) is 30.1 Å². The van der Waals surface area contributed by atoms with Crippen molar-refractivity contribution in [3.8, 4) is 11.8 Å². The van der Waals surface area contributed by atoms with Gasteiger partial charge in [-0.1, -0.05) is 0 Å². The number of imidazole rings is 1. The maximum atomic E-state index is 13.9. The number of methoxy groups -OCH3 is 1. The highest BCUT2D eigenvalue weighted by molar-refractivity contribution is 7.93. The molecule has 11 heteroatoms. The summed E-state index contributed by atoms with van der Waals surface area (Å²) < 4.78 is 27.2. The van der Waals surface area contributed by atoms with Crippen LogP contribution in [0.5, 0.6) is 5.75 Å². The summed E-state index contributed by atoms with van der Waals surface area (Å²) >= 11 is -0.226. The number of benzene rings is 1. The molecule has 0 aliphatic heterocycles. The number of rotatable bonds is 4. The Morgan fingerprint density at radius 1 is 1.26 bits per heavy atom. The van der Waals surface area contributed by atoms with Gasteiger partial charge in [-0.05, 0) is 51.5 Å². The van der Waals surface area contributed by atoms with Gasteiger partial charge in [-0.3, -0.25) is 9.36 Å². The molecule has 0 unspecified atom stereocenters. The maximum absolute atomic E-state index is 13.9. The Kier molecular flexibility index (Phi) is 5.79. The van der Waals surface area contributed by atoms with Crippen LogP contribution >= 0.6 is 12.3 Å². The van der Waals surface area contributed by atoms with E-state index < -0.39 is 17.5 Å². The Morgan fingerprint density at radius 3 is 2.62 bits per heavy atom. The number of carbonyl (C=O) groups is 2. The third kappa shape index (κ3) is 3.86. The van der Waals surface area contributed by atoms with E-state index in [1.54, 1.807) is 39.8 Å². The van der Waals surface area contributed by atoms with Crippen molar-refractivity contribution >= 4 is 46.3 Å². The van der Waals surface area contributed by atoms with Crippen molar-refractivity contribution in [3.05, 3.63) is 53.1 Å². The molecule has 0 fully saturated rings. The van der Waals surface area contributed by atoms with Gasteiger partial charge >= 0.3 is 6.09 Å². The van der Waals surface area contributed by atoms with E-state index in [0.29, 0.717) is 16.5 Å². The van der Waals surface area contributed by atoms with Gasteiger partial charge in [0.2, 0.25) is 5.78 Å². The summed E-state index contributed by atoms with van der Waals surface area (Å²) in [5.74, 6) is -0.630. The first-order valence-electron chi connectivity index (χ1n) is 10.1. The van der Waals surface area contributed by atoms with Crippen molar-refractivity contribution < 1.29 is 22.9 Å². The number of ketones is 1. The van der Waals surface area contributed by atoms with Crippen molar-refractivity contribution in [2.45, 2.75) is 33.3 Å². The molecular weight excluding hydrogens is 461 g/mol. The SMILES string of the molecule is COc1cc(C)c2c(ccn2C(=O)OC(C)(C)C)c1C(=O)c1nc2cc(C#N)cnc2n1SF. The van der Waals surface area contributed by atoms with Crippen LogP contribution in [0.1, 0.15) is 48.1 Å². The Hall–Kier alpha value is -3.91. The van der Waals surface area contributed by atoms with E-state index in [-0.39, 0.29) is 46.2 Å². The monoisotopic (exact) mass is 481 g/mol. The first-order chi connectivity index (χ1) is 16.1. The molecule has 0 radical (unpaired) electrons. The van der Waals surface area contributed by atoms with Crippen LogP contribution in [0.2, 0.25) is 0 Å². The van der Waals surface area contributed by atoms with Crippen LogP contribution in [-0.4, -0.2) is 43.1 Å². The van der Waals surface area contributed by atoms with Crippen LogP contribution in [0.25, 0.3) is 22.1 Å². The summed E-state index contributed by atoms with van der Waals surface area (Å²) in [5, 5.41) is 9.54. The summed E-state index contributed by atoms with van der Waals surface area (Å²) in [5.41, 5.74) is 1.04. The average Bonchev–Trinajstić information content (AvgIpc) is 3.39. The van der Waals surface area contributed by atoms with E-state index in [0.717, 1.165) is 3.97 Å². The Morgan fingerprint density at radius 2 is 2.00 bits per heavy atom. The predicted molar refractivity (Wildman–Crippen MR) is 125 cm³/mol. The summed E-state index contributed by atoms with van der Waals surface area (Å²) in [6, 6.07) is 6.59. The molecular formula is C23H20FN5O4S. The first kappa shape index (κ1) is 23.3. The molecule has 0 atom stereocenters. The lowest BCUT2D eigenvalue weighted by Gasteiger charge is -2.20. The van der Waals surface area contributed by atoms with Crippen LogP contribution in [0.3, 0.4) is 0 Å². The third-order valence-electron chi connectivity index (χ3n) is 5.02. The van der Waals surface area contributed by atoms with Crippen molar-refractivity contribution in [3.63, 3.8) is 0 Å². The smallest absolute Gasteiger partial charge is 0.419 e. The standard InChI is InChI=1S/C23H20FN5O4S/c1-12-8-16(32-5)17(14-6-7-28(18(12)14)22(31)33-23(2,3)4)19(30)21-27-15-9-13(10-25)11-26-20(15)29(21)34-24/h6-9,11H,1-5H3. The molecule has 0 spiro atoms. The van der Waals surface area contributed by atoms with Gasteiger partial charge in [0.05, 0.1) is 23.8 Å². The molecule has 0 saturated carbocycles. The van der Waals surface area contributed by atoms with Gasteiger partial charge in [0, 0.05) is 17.8 Å². The quantitative estimate of drug-likeness (QED) is 0.376. The van der Waals surface area contributed by atoms with Crippen LogP contribution in [-0.2, 0) is 4.74 Å². The van der Waals surface area contributed by atoms with Crippen molar-refractivity contribution in [2.75, 3.05) is 7.11 Å². The van der Waals surface area contributed by atoms with Crippen LogP contribution < -0.4 is 4.74 Å². The highest BCUT2D eigenvalue weighted by Gasteiger charge is 2.29. The highest BCUT2D eigenvalue weighted by Crippen LogP contribution is 2.35. The number of aromatic nitrogens is 4. The first-order valence-corrected chi connectivity index (χ1v) is 10.8. The fraction of sp³-hybridized carbons (Fsp3) is 0.261. The van der Waals surface area contributed by atoms with Gasteiger partial charge in [0.1, 0.15) is 22.9 Å². The maximum Gasteiger partial charge on any atom is 0.419 e. The third-order valence-corrected chi connectivity index (χ3v) is 5.50. The van der Waals surface area contributed by atoms with Gasteiger partial charge in [-0.25, -0.2) is 18.7 Å². The number of pyridine rings is 1. The van der Waals surface area contributed by atoms with E-state index in [1.807, 2.05) is 6.07 Å².